The molecule has 0 aliphatic rings. The third-order valence-corrected chi connectivity index (χ3v) is 10.7. The summed E-state index contributed by atoms with van der Waals surface area (Å²) in [6.07, 6.45) is 0.257. The highest BCUT2D eigenvalue weighted by Gasteiger charge is 2.29. The summed E-state index contributed by atoms with van der Waals surface area (Å²) < 4.78 is 58.2. The van der Waals surface area contributed by atoms with Crippen LogP contribution in [0.4, 0.5) is 10.7 Å². The van der Waals surface area contributed by atoms with E-state index in [2.05, 4.69) is 5.32 Å². The first-order valence-electron chi connectivity index (χ1n) is 12.4. The van der Waals surface area contributed by atoms with E-state index in [1.54, 1.807) is 59.9 Å². The molecule has 224 valence electrons. The number of carbonyl (C=O) groups is 1. The Morgan fingerprint density at radius 1 is 1.05 bits per heavy atom. The highest BCUT2D eigenvalue weighted by Crippen LogP contribution is 2.38. The number of halogens is 1. The Morgan fingerprint density at radius 3 is 2.44 bits per heavy atom. The van der Waals surface area contributed by atoms with Crippen LogP contribution in [0.3, 0.4) is 0 Å². The second-order valence-electron chi connectivity index (χ2n) is 9.03. The summed E-state index contributed by atoms with van der Waals surface area (Å²) in [4.78, 5) is 19.1. The van der Waals surface area contributed by atoms with Crippen LogP contribution in [0.2, 0.25) is 5.02 Å². The van der Waals surface area contributed by atoms with Crippen molar-refractivity contribution in [3.63, 3.8) is 0 Å². The van der Waals surface area contributed by atoms with E-state index in [1.807, 2.05) is 27.6 Å². The first kappa shape index (κ1) is 31.3. The van der Waals surface area contributed by atoms with E-state index in [9.17, 15) is 22.0 Å². The van der Waals surface area contributed by atoms with Gasteiger partial charge < -0.3 is 5.32 Å². The number of nitrogens with one attached hydrogen (secondary N) is 2. The van der Waals surface area contributed by atoms with Crippen molar-refractivity contribution in [2.24, 2.45) is 0 Å². The lowest BCUT2D eigenvalue weighted by Gasteiger charge is -2.27. The Bertz CT molecular complexity index is 1820. The standard InChI is InChI=1S/C27H23ClN4O6S5/c28-19-7-5-18(6-8-19)26(33)29-15-21-11-12-25(41-21)32(42(34)35)23(22-16-40-27(30-22)24-2-1-13-39-24)14-17-3-9-20(10-4-17)31-43(36,37)38/h1-13,16,23,31H,14-15H2,(H,29,33)(H,34,35)(H,36,37,38)/t23-/m0/s1. The minimum Gasteiger partial charge on any atom is -0.347 e. The molecule has 0 saturated heterocycles. The van der Waals surface area contributed by atoms with Gasteiger partial charge in [-0.05, 0) is 72.0 Å². The van der Waals surface area contributed by atoms with Gasteiger partial charge in [0.2, 0.25) is 0 Å². The molecule has 0 saturated carbocycles. The Labute approximate surface area is 267 Å². The van der Waals surface area contributed by atoms with Crippen molar-refractivity contribution >= 4 is 83.8 Å². The van der Waals surface area contributed by atoms with E-state index in [-0.39, 0.29) is 24.6 Å². The number of thiazole rings is 1. The van der Waals surface area contributed by atoms with Crippen molar-refractivity contribution in [2.75, 3.05) is 9.03 Å². The summed E-state index contributed by atoms with van der Waals surface area (Å²) in [5.41, 5.74) is 1.95. The van der Waals surface area contributed by atoms with Gasteiger partial charge in [-0.25, -0.2) is 9.19 Å². The van der Waals surface area contributed by atoms with Crippen LogP contribution in [0, 0.1) is 0 Å². The zero-order valence-electron chi connectivity index (χ0n) is 21.9. The van der Waals surface area contributed by atoms with Gasteiger partial charge in [-0.15, -0.1) is 34.0 Å². The number of hydrogen-bond acceptors (Lipinski definition) is 8. The van der Waals surface area contributed by atoms with Gasteiger partial charge in [0.25, 0.3) is 17.2 Å². The second kappa shape index (κ2) is 13.7. The van der Waals surface area contributed by atoms with Gasteiger partial charge in [0, 0.05) is 20.8 Å². The summed E-state index contributed by atoms with van der Waals surface area (Å²) in [6.45, 7) is 0.212. The maximum absolute atomic E-state index is 12.9. The molecule has 16 heteroatoms. The van der Waals surface area contributed by atoms with Crippen molar-refractivity contribution in [2.45, 2.75) is 19.0 Å². The topological polar surface area (TPSA) is 149 Å². The van der Waals surface area contributed by atoms with E-state index in [0.717, 1.165) is 20.3 Å². The number of carbonyl (C=O) groups excluding carboxylic acids is 1. The smallest absolute Gasteiger partial charge is 0.347 e. The van der Waals surface area contributed by atoms with Crippen LogP contribution in [0.15, 0.2) is 83.6 Å². The lowest BCUT2D eigenvalue weighted by molar-refractivity contribution is 0.0951. The van der Waals surface area contributed by atoms with Crippen LogP contribution in [0.25, 0.3) is 9.88 Å². The fraction of sp³-hybridized carbons (Fsp3) is 0.111. The molecule has 5 rings (SSSR count). The van der Waals surface area contributed by atoms with E-state index < -0.39 is 27.6 Å². The third kappa shape index (κ3) is 8.27. The normalized spacial score (nSPS) is 12.9. The molecule has 1 unspecified atom stereocenters. The SMILES string of the molecule is O=C(NCc1ccc(N([C@@H](Cc2ccc(NS(=O)(=O)O)cc2)c2csc(-c3cccs3)n2)S(=O)O)s1)c1ccc(Cl)cc1. The van der Waals surface area contributed by atoms with Gasteiger partial charge in [0.15, 0.2) is 0 Å². The number of anilines is 2. The highest BCUT2D eigenvalue weighted by atomic mass is 35.5. The lowest BCUT2D eigenvalue weighted by Crippen LogP contribution is -2.31. The number of aromatic nitrogens is 1. The molecule has 0 spiro atoms. The van der Waals surface area contributed by atoms with Crippen molar-refractivity contribution in [1.82, 2.24) is 10.3 Å². The third-order valence-electron chi connectivity index (χ3n) is 6.07. The Morgan fingerprint density at radius 2 is 1.79 bits per heavy atom. The summed E-state index contributed by atoms with van der Waals surface area (Å²) in [5.74, 6) is -0.275. The molecule has 43 heavy (non-hydrogen) atoms. The molecule has 10 nitrogen and oxygen atoms in total. The molecule has 3 aromatic heterocycles. The highest BCUT2D eigenvalue weighted by molar-refractivity contribution is 7.87. The Hall–Kier alpha value is -3.15. The summed E-state index contributed by atoms with van der Waals surface area (Å²) in [6, 6.07) is 19.5. The number of nitrogens with zero attached hydrogens (tertiary/aromatic N) is 2. The Balaban J connectivity index is 1.41. The molecule has 0 bridgehead atoms. The molecule has 3 heterocycles. The maximum Gasteiger partial charge on any atom is 0.357 e. The zero-order valence-corrected chi connectivity index (χ0v) is 26.8. The minimum absolute atomic E-state index is 0.169. The van der Waals surface area contributed by atoms with Crippen molar-refractivity contribution in [3.8, 4) is 9.88 Å². The molecule has 2 atom stereocenters. The van der Waals surface area contributed by atoms with Crippen molar-refractivity contribution < 1.29 is 26.5 Å². The van der Waals surface area contributed by atoms with E-state index >= 15 is 0 Å². The van der Waals surface area contributed by atoms with E-state index in [1.165, 1.54) is 39.1 Å². The molecule has 0 radical (unpaired) electrons. The number of benzene rings is 2. The number of rotatable bonds is 12. The average Bonchev–Trinajstić information content (AvgIpc) is 3.74. The van der Waals surface area contributed by atoms with Gasteiger partial charge >= 0.3 is 10.3 Å². The molecular weight excluding hydrogens is 672 g/mol. The van der Waals surface area contributed by atoms with Crippen LogP contribution in [-0.2, 0) is 34.5 Å². The first-order chi connectivity index (χ1) is 20.6. The average molecular weight is 695 g/mol. The van der Waals surface area contributed by atoms with Gasteiger partial charge in [-0.1, -0.05) is 29.8 Å². The number of hydrogen-bond donors (Lipinski definition) is 4. The molecular formula is C27H23ClN4O6S5. The molecule has 5 aromatic rings. The van der Waals surface area contributed by atoms with E-state index in [4.69, 9.17) is 21.1 Å². The molecule has 4 N–H and O–H groups in total. The van der Waals surface area contributed by atoms with Crippen LogP contribution in [0.5, 0.6) is 0 Å². The van der Waals surface area contributed by atoms with Gasteiger partial charge in [0.05, 0.1) is 28.8 Å². The van der Waals surface area contributed by atoms with Gasteiger partial charge in [-0.3, -0.25) is 22.9 Å². The summed E-state index contributed by atoms with van der Waals surface area (Å²) in [7, 11) is -4.43. The molecule has 1 amide bonds. The van der Waals surface area contributed by atoms with Crippen molar-refractivity contribution in [1.29, 1.82) is 0 Å². The number of amides is 1. The Kier molecular flexibility index (Phi) is 9.93. The minimum atomic E-state index is -4.43. The van der Waals surface area contributed by atoms with Crippen LogP contribution in [0.1, 0.15) is 32.5 Å². The van der Waals surface area contributed by atoms with Crippen LogP contribution >= 0.6 is 45.6 Å². The van der Waals surface area contributed by atoms with Crippen molar-refractivity contribution in [3.05, 3.63) is 110 Å². The second-order valence-corrected chi connectivity index (χ2v) is 14.4. The fourth-order valence-electron chi connectivity index (χ4n) is 4.13. The van der Waals surface area contributed by atoms with Gasteiger partial charge in [-0.2, -0.15) is 8.42 Å². The maximum atomic E-state index is 12.9. The molecule has 2 aromatic carbocycles. The predicted molar refractivity (Wildman–Crippen MR) is 174 cm³/mol. The fourth-order valence-corrected chi connectivity index (χ4v) is 8.19. The molecule has 0 fully saturated rings. The lowest BCUT2D eigenvalue weighted by atomic mass is 10.0. The first-order valence-corrected chi connectivity index (χ1v) is 17.9. The number of thiophene rings is 2. The molecule has 0 aliphatic heterocycles. The summed E-state index contributed by atoms with van der Waals surface area (Å²) >= 11 is 7.70. The van der Waals surface area contributed by atoms with Gasteiger partial charge in [0.1, 0.15) is 10.0 Å². The quantitative estimate of drug-likeness (QED) is 0.0843. The molecule has 0 aliphatic carbocycles. The van der Waals surface area contributed by atoms with E-state index in [0.29, 0.717) is 21.3 Å². The summed E-state index contributed by atoms with van der Waals surface area (Å²) in [5, 5.41) is 8.46. The zero-order chi connectivity index (χ0) is 30.6. The van der Waals surface area contributed by atoms with Crippen LogP contribution in [-0.4, -0.2) is 32.6 Å². The largest absolute Gasteiger partial charge is 0.357 e. The monoisotopic (exact) mass is 694 g/mol. The predicted octanol–water partition coefficient (Wildman–Crippen LogP) is 6.66. The van der Waals surface area contributed by atoms with Crippen LogP contribution < -0.4 is 14.3 Å².